The molecular formula is C13H10Br2ClNO. The summed E-state index contributed by atoms with van der Waals surface area (Å²) < 4.78 is 7.71. The lowest BCUT2D eigenvalue weighted by atomic mass is 10.2. The summed E-state index contributed by atoms with van der Waals surface area (Å²) in [6.07, 6.45) is 1.69. The Morgan fingerprint density at radius 3 is 2.67 bits per heavy atom. The molecule has 1 heterocycles. The first-order valence-electron chi connectivity index (χ1n) is 5.24. The van der Waals surface area contributed by atoms with Crippen molar-refractivity contribution in [2.24, 2.45) is 0 Å². The number of aryl methyl sites for hydroxylation is 1. The van der Waals surface area contributed by atoms with E-state index in [1.807, 2.05) is 31.2 Å². The first kappa shape index (κ1) is 13.8. The summed E-state index contributed by atoms with van der Waals surface area (Å²) in [7, 11) is 0. The quantitative estimate of drug-likeness (QED) is 0.650. The van der Waals surface area contributed by atoms with Crippen molar-refractivity contribution in [2.45, 2.75) is 12.8 Å². The van der Waals surface area contributed by atoms with E-state index in [0.29, 0.717) is 11.8 Å². The van der Waals surface area contributed by atoms with Crippen molar-refractivity contribution in [3.8, 4) is 11.6 Å². The summed E-state index contributed by atoms with van der Waals surface area (Å²) in [4.78, 5) is 4.24. The largest absolute Gasteiger partial charge is 0.438 e. The average molecular weight is 391 g/mol. The maximum absolute atomic E-state index is 5.89. The molecule has 2 aromatic rings. The van der Waals surface area contributed by atoms with Crippen LogP contribution in [0.25, 0.3) is 0 Å². The van der Waals surface area contributed by atoms with Crippen LogP contribution >= 0.6 is 43.5 Å². The summed E-state index contributed by atoms with van der Waals surface area (Å²) in [5.41, 5.74) is 1.89. The molecule has 0 aliphatic rings. The molecule has 2 nitrogen and oxygen atoms in total. The molecule has 1 aromatic carbocycles. The zero-order valence-electron chi connectivity index (χ0n) is 9.58. The van der Waals surface area contributed by atoms with Crippen molar-refractivity contribution < 1.29 is 4.74 Å². The molecule has 0 amide bonds. The highest BCUT2D eigenvalue weighted by Crippen LogP contribution is 2.30. The third-order valence-corrected chi connectivity index (χ3v) is 3.59. The Morgan fingerprint density at radius 2 is 2.00 bits per heavy atom. The van der Waals surface area contributed by atoms with Crippen LogP contribution in [0.4, 0.5) is 0 Å². The fraction of sp³-hybridized carbons (Fsp3) is 0.154. The van der Waals surface area contributed by atoms with E-state index < -0.39 is 0 Å². The van der Waals surface area contributed by atoms with Crippen molar-refractivity contribution in [3.05, 3.63) is 50.5 Å². The van der Waals surface area contributed by atoms with Crippen molar-refractivity contribution in [1.29, 1.82) is 0 Å². The minimum Gasteiger partial charge on any atom is -0.438 e. The highest BCUT2D eigenvalue weighted by molar-refractivity contribution is 9.10. The van der Waals surface area contributed by atoms with E-state index >= 15 is 0 Å². The number of ether oxygens (including phenoxy) is 1. The van der Waals surface area contributed by atoms with E-state index in [2.05, 4.69) is 36.8 Å². The number of halogens is 3. The van der Waals surface area contributed by atoms with E-state index in [1.54, 1.807) is 6.20 Å². The summed E-state index contributed by atoms with van der Waals surface area (Å²) in [6, 6.07) is 7.74. The van der Waals surface area contributed by atoms with Gasteiger partial charge < -0.3 is 4.74 Å². The van der Waals surface area contributed by atoms with Crippen LogP contribution in [0.1, 0.15) is 11.1 Å². The smallest absolute Gasteiger partial charge is 0.223 e. The SMILES string of the molecule is Cc1cc(Br)ccc1Oc1ncc(Br)cc1CCl. The van der Waals surface area contributed by atoms with E-state index in [9.17, 15) is 0 Å². The number of rotatable bonds is 3. The van der Waals surface area contributed by atoms with Gasteiger partial charge in [0.05, 0.1) is 5.88 Å². The van der Waals surface area contributed by atoms with E-state index in [0.717, 1.165) is 25.8 Å². The zero-order chi connectivity index (χ0) is 13.1. The molecular weight excluding hydrogens is 381 g/mol. The second kappa shape index (κ2) is 6.04. The number of pyridine rings is 1. The lowest BCUT2D eigenvalue weighted by Crippen LogP contribution is -1.94. The molecule has 0 radical (unpaired) electrons. The first-order valence-corrected chi connectivity index (χ1v) is 7.36. The number of alkyl halides is 1. The maximum atomic E-state index is 5.89. The van der Waals surface area contributed by atoms with E-state index in [1.165, 1.54) is 0 Å². The molecule has 0 aliphatic heterocycles. The van der Waals surface area contributed by atoms with Crippen LogP contribution in [0, 0.1) is 6.92 Å². The minimum absolute atomic E-state index is 0.358. The second-order valence-corrected chi connectivity index (χ2v) is 5.86. The summed E-state index contributed by atoms with van der Waals surface area (Å²) in [5, 5.41) is 0. The molecule has 5 heteroatoms. The Morgan fingerprint density at radius 1 is 1.22 bits per heavy atom. The molecule has 94 valence electrons. The summed E-state index contributed by atoms with van der Waals surface area (Å²) >= 11 is 12.7. The second-order valence-electron chi connectivity index (χ2n) is 3.76. The Bertz CT molecular complexity index is 575. The molecule has 2 rings (SSSR count). The molecule has 0 saturated carbocycles. The van der Waals surface area contributed by atoms with Gasteiger partial charge in [0.1, 0.15) is 5.75 Å². The van der Waals surface area contributed by atoms with E-state index in [-0.39, 0.29) is 0 Å². The number of hydrogen-bond donors (Lipinski definition) is 0. The van der Waals surface area contributed by atoms with Gasteiger partial charge in [-0.2, -0.15) is 0 Å². The molecule has 0 aliphatic carbocycles. The maximum Gasteiger partial charge on any atom is 0.223 e. The van der Waals surface area contributed by atoms with Gasteiger partial charge in [-0.05, 0) is 52.7 Å². The van der Waals surface area contributed by atoms with Crippen molar-refractivity contribution in [2.75, 3.05) is 0 Å². The fourth-order valence-corrected chi connectivity index (χ4v) is 2.53. The Labute approximate surface area is 128 Å². The van der Waals surface area contributed by atoms with Gasteiger partial charge in [0.25, 0.3) is 0 Å². The molecule has 1 aromatic heterocycles. The number of hydrogen-bond acceptors (Lipinski definition) is 2. The predicted molar refractivity (Wildman–Crippen MR) is 80.4 cm³/mol. The van der Waals surface area contributed by atoms with Crippen LogP contribution in [0.5, 0.6) is 11.6 Å². The van der Waals surface area contributed by atoms with Gasteiger partial charge in [-0.15, -0.1) is 11.6 Å². The fourth-order valence-electron chi connectivity index (χ4n) is 1.49. The molecule has 0 atom stereocenters. The van der Waals surface area contributed by atoms with Gasteiger partial charge in [-0.25, -0.2) is 4.98 Å². The molecule has 0 N–H and O–H groups in total. The molecule has 0 unspecified atom stereocenters. The first-order chi connectivity index (χ1) is 8.60. The molecule has 18 heavy (non-hydrogen) atoms. The predicted octanol–water partition coefficient (Wildman–Crippen LogP) is 5.45. The Kier molecular flexibility index (Phi) is 4.65. The van der Waals surface area contributed by atoms with Gasteiger partial charge in [0, 0.05) is 20.7 Å². The lowest BCUT2D eigenvalue weighted by molar-refractivity contribution is 0.454. The van der Waals surface area contributed by atoms with Crippen LogP contribution in [-0.2, 0) is 5.88 Å². The number of nitrogens with zero attached hydrogens (tertiary/aromatic N) is 1. The number of benzene rings is 1. The third kappa shape index (κ3) is 3.25. The average Bonchev–Trinajstić information content (AvgIpc) is 2.34. The standard InChI is InChI=1S/C13H10Br2ClNO/c1-8-4-10(14)2-3-12(8)18-13-9(6-16)5-11(15)7-17-13/h2-5,7H,6H2,1H3. The molecule has 0 saturated heterocycles. The molecule has 0 fully saturated rings. The lowest BCUT2D eigenvalue weighted by Gasteiger charge is -2.11. The van der Waals surface area contributed by atoms with Gasteiger partial charge in [0.2, 0.25) is 5.88 Å². The van der Waals surface area contributed by atoms with Gasteiger partial charge in [-0.3, -0.25) is 0 Å². The van der Waals surface area contributed by atoms with Crippen molar-refractivity contribution >= 4 is 43.5 Å². The molecule has 0 spiro atoms. The van der Waals surface area contributed by atoms with Crippen LogP contribution in [0.3, 0.4) is 0 Å². The van der Waals surface area contributed by atoms with Crippen molar-refractivity contribution in [3.63, 3.8) is 0 Å². The van der Waals surface area contributed by atoms with Gasteiger partial charge in [-0.1, -0.05) is 15.9 Å². The minimum atomic E-state index is 0.358. The Balaban J connectivity index is 2.33. The van der Waals surface area contributed by atoms with E-state index in [4.69, 9.17) is 16.3 Å². The molecule has 0 bridgehead atoms. The van der Waals surface area contributed by atoms with Crippen LogP contribution in [0.15, 0.2) is 39.4 Å². The van der Waals surface area contributed by atoms with Crippen LogP contribution in [0.2, 0.25) is 0 Å². The third-order valence-electron chi connectivity index (χ3n) is 2.38. The topological polar surface area (TPSA) is 22.1 Å². The normalized spacial score (nSPS) is 10.4. The van der Waals surface area contributed by atoms with Gasteiger partial charge >= 0.3 is 0 Å². The highest BCUT2D eigenvalue weighted by atomic mass is 79.9. The van der Waals surface area contributed by atoms with Crippen LogP contribution < -0.4 is 4.74 Å². The summed E-state index contributed by atoms with van der Waals surface area (Å²) in [6.45, 7) is 1.99. The monoisotopic (exact) mass is 389 g/mol. The summed E-state index contributed by atoms with van der Waals surface area (Å²) in [5.74, 6) is 1.68. The van der Waals surface area contributed by atoms with Crippen molar-refractivity contribution in [1.82, 2.24) is 4.98 Å². The number of aromatic nitrogens is 1. The Hall–Kier alpha value is -0.580. The zero-order valence-corrected chi connectivity index (χ0v) is 13.5. The van der Waals surface area contributed by atoms with Gasteiger partial charge in [0.15, 0.2) is 0 Å². The highest BCUT2D eigenvalue weighted by Gasteiger charge is 2.08. The van der Waals surface area contributed by atoms with Crippen LogP contribution in [-0.4, -0.2) is 4.98 Å².